The molecule has 1 unspecified atom stereocenters. The molecule has 50 heavy (non-hydrogen) atoms. The second-order valence-electron chi connectivity index (χ2n) is 15.9. The van der Waals surface area contributed by atoms with Gasteiger partial charge < -0.3 is 31.3 Å². The fourth-order valence-electron chi connectivity index (χ4n) is 7.26. The summed E-state index contributed by atoms with van der Waals surface area (Å²) in [5.41, 5.74) is 3.81. The van der Waals surface area contributed by atoms with Gasteiger partial charge in [0, 0.05) is 6.54 Å². The summed E-state index contributed by atoms with van der Waals surface area (Å²) in [6.07, 6.45) is 6.28. The largest absolute Gasteiger partial charge is 0.459 e. The number of hydrogen-bond acceptors (Lipinski definition) is 7. The number of esters is 1. The number of hydrogen-bond donors (Lipinski definition) is 4. The Balaban J connectivity index is 1.52. The van der Waals surface area contributed by atoms with Crippen molar-refractivity contribution in [1.82, 2.24) is 20.9 Å². The molecule has 4 rings (SSSR count). The van der Waals surface area contributed by atoms with Crippen LogP contribution in [0.15, 0.2) is 24.3 Å². The van der Waals surface area contributed by atoms with Crippen LogP contribution in [0.25, 0.3) is 0 Å². The first-order valence-corrected chi connectivity index (χ1v) is 18.0. The molecule has 1 saturated heterocycles. The normalized spacial score (nSPS) is 21.5. The number of primary amides is 1. The fraction of sp³-hybridized carbons (Fsp3) is 0.676. The number of carbonyl (C=O) groups is 6. The highest BCUT2D eigenvalue weighted by Crippen LogP contribution is 2.36. The number of benzene rings is 1. The Morgan fingerprint density at radius 2 is 1.60 bits per heavy atom. The van der Waals surface area contributed by atoms with Gasteiger partial charge >= 0.3 is 12.0 Å². The molecule has 5 N–H and O–H groups in total. The molecule has 276 valence electrons. The van der Waals surface area contributed by atoms with E-state index < -0.39 is 70.4 Å². The van der Waals surface area contributed by atoms with Crippen molar-refractivity contribution >= 4 is 35.5 Å². The molecule has 1 aliphatic heterocycles. The van der Waals surface area contributed by atoms with Gasteiger partial charge in [0.2, 0.25) is 17.6 Å². The van der Waals surface area contributed by atoms with Crippen LogP contribution >= 0.6 is 0 Å². The summed E-state index contributed by atoms with van der Waals surface area (Å²) >= 11 is 0. The first-order valence-electron chi connectivity index (χ1n) is 18.0. The lowest BCUT2D eigenvalue weighted by molar-refractivity contribution is -0.154. The number of ketones is 1. The van der Waals surface area contributed by atoms with Crippen molar-refractivity contribution in [3.05, 3.63) is 35.6 Å². The number of amides is 5. The molecule has 2 saturated carbocycles. The molecule has 12 nitrogen and oxygen atoms in total. The maximum atomic E-state index is 14.4. The Hall–Kier alpha value is -4.03. The highest BCUT2D eigenvalue weighted by molar-refractivity contribution is 6.37. The molecule has 0 bridgehead atoms. The van der Waals surface area contributed by atoms with Crippen molar-refractivity contribution in [3.63, 3.8) is 0 Å². The molecule has 0 spiro atoms. The maximum absolute atomic E-state index is 14.4. The van der Waals surface area contributed by atoms with Gasteiger partial charge in [-0.2, -0.15) is 0 Å². The van der Waals surface area contributed by atoms with E-state index in [4.69, 9.17) is 10.5 Å². The average Bonchev–Trinajstić information content (AvgIpc) is 3.78. The zero-order valence-electron chi connectivity index (χ0n) is 30.0. The molecular weight excluding hydrogens is 645 g/mol. The van der Waals surface area contributed by atoms with Gasteiger partial charge in [-0.05, 0) is 73.0 Å². The van der Waals surface area contributed by atoms with Gasteiger partial charge in [-0.15, -0.1) is 0 Å². The van der Waals surface area contributed by atoms with Crippen LogP contribution in [0.4, 0.5) is 9.18 Å². The van der Waals surface area contributed by atoms with Gasteiger partial charge in [0.15, 0.2) is 0 Å². The highest BCUT2D eigenvalue weighted by Gasteiger charge is 2.48. The van der Waals surface area contributed by atoms with E-state index in [1.807, 2.05) is 13.8 Å². The predicted octanol–water partition coefficient (Wildman–Crippen LogP) is 3.89. The first-order chi connectivity index (χ1) is 23.5. The Morgan fingerprint density at radius 3 is 2.16 bits per heavy atom. The van der Waals surface area contributed by atoms with Gasteiger partial charge in [-0.3, -0.25) is 19.2 Å². The molecule has 13 heteroatoms. The summed E-state index contributed by atoms with van der Waals surface area (Å²) in [7, 11) is 0. The molecule has 0 aromatic heterocycles. The van der Waals surface area contributed by atoms with Crippen LogP contribution < -0.4 is 21.7 Å². The minimum Gasteiger partial charge on any atom is -0.459 e. The van der Waals surface area contributed by atoms with Crippen LogP contribution in [-0.2, 0) is 35.3 Å². The van der Waals surface area contributed by atoms with E-state index in [1.165, 1.54) is 29.2 Å². The summed E-state index contributed by atoms with van der Waals surface area (Å²) in [6.45, 7) is 9.64. The molecule has 1 heterocycles. The Bertz CT molecular complexity index is 1420. The zero-order chi connectivity index (χ0) is 36.8. The van der Waals surface area contributed by atoms with Crippen molar-refractivity contribution in [1.29, 1.82) is 0 Å². The molecule has 5 amide bonds. The van der Waals surface area contributed by atoms with Crippen LogP contribution in [0.2, 0.25) is 0 Å². The summed E-state index contributed by atoms with van der Waals surface area (Å²) in [6, 6.07) is 1.82. The molecule has 1 aromatic rings. The summed E-state index contributed by atoms with van der Waals surface area (Å²) in [4.78, 5) is 81.6. The van der Waals surface area contributed by atoms with Crippen molar-refractivity contribution < 1.29 is 37.9 Å². The minimum absolute atomic E-state index is 0.0875. The summed E-state index contributed by atoms with van der Waals surface area (Å²) < 4.78 is 19.0. The van der Waals surface area contributed by atoms with Crippen LogP contribution in [-0.4, -0.2) is 70.6 Å². The zero-order valence-corrected chi connectivity index (χ0v) is 30.0. The maximum Gasteiger partial charge on any atom is 0.332 e. The van der Waals surface area contributed by atoms with Crippen molar-refractivity contribution in [2.75, 3.05) is 6.54 Å². The third kappa shape index (κ3) is 10.0. The van der Waals surface area contributed by atoms with E-state index >= 15 is 0 Å². The molecule has 3 aliphatic rings. The standard InChI is InChI=1S/C37H54FN5O7/c1-22(2)19-25-15-18-43(28(25)32(46)40-27(20-23-9-10-23)29(44)31(39)45)33(47)30(36(3,4)5)41-35(49)42-37(16-7-6-8-17-37)34(48)50-21-24-11-13-26(38)14-12-24/h11-14,22-23,25,27-28,30H,6-10,15-21H2,1-5H3,(H2,39,45)(H,40,46)(H2,41,42,49)/t25-,27?,28+,30-/m1/s1. The Kier molecular flexibility index (Phi) is 12.7. The van der Waals surface area contributed by atoms with Crippen LogP contribution in [0.3, 0.4) is 0 Å². The number of nitrogens with two attached hydrogens (primary N) is 1. The number of Topliss-reactive ketones (excluding diaryl/α,β-unsaturated/α-hetero) is 1. The Morgan fingerprint density at radius 1 is 0.960 bits per heavy atom. The lowest BCUT2D eigenvalue weighted by Gasteiger charge is -2.39. The Labute approximate surface area is 294 Å². The van der Waals surface area contributed by atoms with Crippen molar-refractivity contribution in [2.24, 2.45) is 28.9 Å². The van der Waals surface area contributed by atoms with Crippen molar-refractivity contribution in [2.45, 2.75) is 129 Å². The number of ether oxygens (including phenoxy) is 1. The SMILES string of the molecule is CC(C)C[C@H]1CCN(C(=O)[C@@H](NC(=O)NC2(C(=O)OCc3ccc(F)cc3)CCCCC2)C(C)(C)C)[C@@H]1C(=O)NC(CC1CC1)C(=O)C(N)=O. The van der Waals surface area contributed by atoms with E-state index in [0.29, 0.717) is 50.5 Å². The fourth-order valence-corrected chi connectivity index (χ4v) is 7.26. The van der Waals surface area contributed by atoms with Gasteiger partial charge in [0.1, 0.15) is 30.0 Å². The second-order valence-corrected chi connectivity index (χ2v) is 15.9. The smallest absolute Gasteiger partial charge is 0.332 e. The second kappa shape index (κ2) is 16.3. The average molecular weight is 700 g/mol. The minimum atomic E-state index is -1.31. The predicted molar refractivity (Wildman–Crippen MR) is 183 cm³/mol. The van der Waals surface area contributed by atoms with Gasteiger partial charge in [0.05, 0.1) is 6.04 Å². The van der Waals surface area contributed by atoms with Crippen LogP contribution in [0, 0.1) is 29.0 Å². The molecular formula is C37H54FN5O7. The van der Waals surface area contributed by atoms with E-state index in [-0.39, 0.29) is 30.9 Å². The number of carbonyl (C=O) groups excluding carboxylic acids is 6. The highest BCUT2D eigenvalue weighted by atomic mass is 19.1. The van der Waals surface area contributed by atoms with E-state index in [0.717, 1.165) is 19.3 Å². The lowest BCUT2D eigenvalue weighted by atomic mass is 9.81. The van der Waals surface area contributed by atoms with Crippen LogP contribution in [0.1, 0.15) is 104 Å². The third-order valence-corrected chi connectivity index (χ3v) is 10.1. The van der Waals surface area contributed by atoms with E-state index in [1.54, 1.807) is 20.8 Å². The van der Waals surface area contributed by atoms with E-state index in [9.17, 15) is 33.2 Å². The molecule has 1 aromatic carbocycles. The number of nitrogens with zero attached hydrogens (tertiary/aromatic N) is 1. The number of urea groups is 1. The van der Waals surface area contributed by atoms with Gasteiger partial charge in [-0.25, -0.2) is 14.0 Å². The number of halogens is 1. The molecule has 2 aliphatic carbocycles. The topological polar surface area (TPSA) is 177 Å². The summed E-state index contributed by atoms with van der Waals surface area (Å²) in [5.74, 6) is -3.74. The first kappa shape index (κ1) is 38.8. The molecule has 4 atom stereocenters. The quantitative estimate of drug-likeness (QED) is 0.168. The van der Waals surface area contributed by atoms with Gasteiger partial charge in [0.25, 0.3) is 5.91 Å². The molecule has 0 radical (unpaired) electrons. The van der Waals surface area contributed by atoms with Crippen molar-refractivity contribution in [3.8, 4) is 0 Å². The van der Waals surface area contributed by atoms with E-state index in [2.05, 4.69) is 16.0 Å². The molecule has 3 fully saturated rings. The third-order valence-electron chi connectivity index (χ3n) is 10.1. The lowest BCUT2D eigenvalue weighted by Crippen LogP contribution is -2.64. The van der Waals surface area contributed by atoms with Crippen LogP contribution in [0.5, 0.6) is 0 Å². The summed E-state index contributed by atoms with van der Waals surface area (Å²) in [5, 5.41) is 8.44. The number of nitrogens with one attached hydrogen (secondary N) is 3. The monoisotopic (exact) mass is 699 g/mol. The van der Waals surface area contributed by atoms with Gasteiger partial charge in [-0.1, -0.05) is 78.9 Å². The number of likely N-dealkylation sites (tertiary alicyclic amines) is 1. The number of rotatable bonds is 14.